The smallest absolute Gasteiger partial charge is 0.251 e. The van der Waals surface area contributed by atoms with Crippen molar-refractivity contribution in [1.82, 2.24) is 15.4 Å². The number of hydrogen-bond acceptors (Lipinski definition) is 4. The lowest BCUT2D eigenvalue weighted by molar-refractivity contribution is 0.0949. The van der Waals surface area contributed by atoms with Crippen LogP contribution in [0.4, 0.5) is 4.39 Å². The molecular weight excluding hydrogens is 361 g/mol. The Morgan fingerprint density at radius 2 is 1.42 bits per heavy atom. The molecule has 0 bridgehead atoms. The molecule has 3 N–H and O–H groups in total. The summed E-state index contributed by atoms with van der Waals surface area (Å²) in [7, 11) is -2.28. The van der Waals surface area contributed by atoms with Crippen molar-refractivity contribution in [3.8, 4) is 0 Å². The van der Waals surface area contributed by atoms with E-state index < -0.39 is 21.7 Å². The molecule has 0 saturated carbocycles. The van der Waals surface area contributed by atoms with Gasteiger partial charge in [0, 0.05) is 31.3 Å². The first kappa shape index (κ1) is 19.5. The number of carbonyl (C=O) groups excluding carboxylic acids is 2. The zero-order valence-corrected chi connectivity index (χ0v) is 14.8. The van der Waals surface area contributed by atoms with Gasteiger partial charge in [0.25, 0.3) is 11.8 Å². The van der Waals surface area contributed by atoms with E-state index in [0.29, 0.717) is 5.56 Å². The molecule has 0 aliphatic carbocycles. The molecule has 0 aliphatic heterocycles. The first-order valence-electron chi connectivity index (χ1n) is 7.69. The number of halogens is 1. The second-order valence-electron chi connectivity index (χ2n) is 5.26. The molecule has 2 aromatic rings. The van der Waals surface area contributed by atoms with Gasteiger partial charge in [-0.15, -0.1) is 0 Å². The molecule has 0 atom stereocenters. The summed E-state index contributed by atoms with van der Waals surface area (Å²) in [4.78, 5) is 23.3. The molecule has 7 nitrogen and oxygen atoms in total. The lowest BCUT2D eigenvalue weighted by Gasteiger charge is -2.09. The van der Waals surface area contributed by atoms with E-state index >= 15 is 0 Å². The van der Waals surface area contributed by atoms with E-state index in [0.717, 1.165) is 0 Å². The predicted octanol–water partition coefficient (Wildman–Crippen LogP) is 0.894. The summed E-state index contributed by atoms with van der Waals surface area (Å²) < 4.78 is 39.5. The quantitative estimate of drug-likeness (QED) is 0.622. The first-order chi connectivity index (χ1) is 12.3. The molecule has 0 aliphatic rings. The Labute approximate surface area is 150 Å². The van der Waals surface area contributed by atoms with Crippen LogP contribution >= 0.6 is 0 Å². The zero-order chi connectivity index (χ0) is 19.2. The molecular formula is C17H18FN3O4S. The molecule has 0 saturated heterocycles. The molecule has 0 heterocycles. The molecule has 138 valence electrons. The van der Waals surface area contributed by atoms with Gasteiger partial charge in [0.2, 0.25) is 10.0 Å². The van der Waals surface area contributed by atoms with Crippen LogP contribution in [-0.2, 0) is 10.0 Å². The molecule has 0 fully saturated rings. The van der Waals surface area contributed by atoms with E-state index in [2.05, 4.69) is 15.4 Å². The minimum atomic E-state index is -3.76. The molecule has 0 spiro atoms. The van der Waals surface area contributed by atoms with Gasteiger partial charge in [-0.3, -0.25) is 9.59 Å². The molecule has 0 aromatic heterocycles. The van der Waals surface area contributed by atoms with Gasteiger partial charge in [-0.1, -0.05) is 0 Å². The van der Waals surface area contributed by atoms with Crippen molar-refractivity contribution in [2.45, 2.75) is 4.90 Å². The van der Waals surface area contributed by atoms with E-state index in [-0.39, 0.29) is 29.5 Å². The Balaban J connectivity index is 1.87. The van der Waals surface area contributed by atoms with E-state index in [4.69, 9.17) is 0 Å². The second kappa shape index (κ2) is 8.54. The molecule has 2 rings (SSSR count). The third kappa shape index (κ3) is 5.11. The highest BCUT2D eigenvalue weighted by molar-refractivity contribution is 7.89. The molecule has 0 unspecified atom stereocenters. The molecule has 0 radical (unpaired) electrons. The summed E-state index contributed by atoms with van der Waals surface area (Å²) in [6.07, 6.45) is 0. The number of nitrogens with one attached hydrogen (secondary N) is 3. The maximum atomic E-state index is 12.8. The molecule has 26 heavy (non-hydrogen) atoms. The zero-order valence-electron chi connectivity index (χ0n) is 14.0. The SMILES string of the molecule is CNC(=O)c1ccc(S(=O)(=O)NCCNC(=O)c2ccc(F)cc2)cc1. The fourth-order valence-electron chi connectivity index (χ4n) is 2.08. The van der Waals surface area contributed by atoms with E-state index in [1.54, 1.807) is 0 Å². The highest BCUT2D eigenvalue weighted by Gasteiger charge is 2.14. The van der Waals surface area contributed by atoms with Gasteiger partial charge >= 0.3 is 0 Å². The van der Waals surface area contributed by atoms with Crippen molar-refractivity contribution in [3.05, 3.63) is 65.5 Å². The highest BCUT2D eigenvalue weighted by atomic mass is 32.2. The van der Waals surface area contributed by atoms with Crippen molar-refractivity contribution in [1.29, 1.82) is 0 Å². The summed E-state index contributed by atoms with van der Waals surface area (Å²) in [5.74, 6) is -1.19. The Kier molecular flexibility index (Phi) is 6.42. The van der Waals surface area contributed by atoms with E-state index in [1.807, 2.05) is 0 Å². The Morgan fingerprint density at radius 3 is 2.00 bits per heavy atom. The minimum Gasteiger partial charge on any atom is -0.355 e. The number of rotatable bonds is 7. The van der Waals surface area contributed by atoms with Gasteiger partial charge in [-0.2, -0.15) is 0 Å². The summed E-state index contributed by atoms with van der Waals surface area (Å²) in [5, 5.41) is 4.98. The number of hydrogen-bond donors (Lipinski definition) is 3. The topological polar surface area (TPSA) is 104 Å². The molecule has 2 amide bonds. The summed E-state index contributed by atoms with van der Waals surface area (Å²) in [6, 6.07) is 10.5. The maximum absolute atomic E-state index is 12.8. The first-order valence-corrected chi connectivity index (χ1v) is 9.17. The van der Waals surface area contributed by atoms with Gasteiger partial charge < -0.3 is 10.6 Å². The van der Waals surface area contributed by atoms with Crippen LogP contribution in [0.3, 0.4) is 0 Å². The second-order valence-corrected chi connectivity index (χ2v) is 7.03. The standard InChI is InChI=1S/C17H18FN3O4S/c1-19-16(22)12-4-8-15(9-5-12)26(24,25)21-11-10-20-17(23)13-2-6-14(18)7-3-13/h2-9,21H,10-11H2,1H3,(H,19,22)(H,20,23). The third-order valence-corrected chi connectivity index (χ3v) is 4.94. The van der Waals surface area contributed by atoms with Gasteiger partial charge in [0.05, 0.1) is 4.90 Å². The van der Waals surface area contributed by atoms with Gasteiger partial charge in [0.15, 0.2) is 0 Å². The summed E-state index contributed by atoms with van der Waals surface area (Å²) >= 11 is 0. The summed E-state index contributed by atoms with van der Waals surface area (Å²) in [5.41, 5.74) is 0.622. The Hall–Kier alpha value is -2.78. The fraction of sp³-hybridized carbons (Fsp3) is 0.176. The fourth-order valence-corrected chi connectivity index (χ4v) is 3.11. The maximum Gasteiger partial charge on any atom is 0.251 e. The predicted molar refractivity (Wildman–Crippen MR) is 93.8 cm³/mol. The van der Waals surface area contributed by atoms with Crippen LogP contribution < -0.4 is 15.4 Å². The highest BCUT2D eigenvalue weighted by Crippen LogP contribution is 2.10. The summed E-state index contributed by atoms with van der Waals surface area (Å²) in [6.45, 7) is 0.0399. The van der Waals surface area contributed by atoms with Crippen LogP contribution in [0.25, 0.3) is 0 Å². The van der Waals surface area contributed by atoms with E-state index in [1.165, 1.54) is 55.6 Å². The Bertz CT molecular complexity index is 881. The number of sulfonamides is 1. The Morgan fingerprint density at radius 1 is 0.885 bits per heavy atom. The minimum absolute atomic E-state index is 0.00927. The van der Waals surface area contributed by atoms with Crippen LogP contribution in [0.1, 0.15) is 20.7 Å². The van der Waals surface area contributed by atoms with Crippen molar-refractivity contribution in [3.63, 3.8) is 0 Å². The van der Waals surface area contributed by atoms with Crippen LogP contribution in [-0.4, -0.2) is 40.4 Å². The lowest BCUT2D eigenvalue weighted by Crippen LogP contribution is -2.34. The van der Waals surface area contributed by atoms with Crippen molar-refractivity contribution >= 4 is 21.8 Å². The normalized spacial score (nSPS) is 11.0. The van der Waals surface area contributed by atoms with Crippen molar-refractivity contribution < 1.29 is 22.4 Å². The average Bonchev–Trinajstić information content (AvgIpc) is 2.65. The average molecular weight is 379 g/mol. The van der Waals surface area contributed by atoms with Gasteiger partial charge in [-0.05, 0) is 48.5 Å². The van der Waals surface area contributed by atoms with Crippen LogP contribution in [0.15, 0.2) is 53.4 Å². The largest absolute Gasteiger partial charge is 0.355 e. The van der Waals surface area contributed by atoms with Gasteiger partial charge in [-0.25, -0.2) is 17.5 Å². The van der Waals surface area contributed by atoms with Crippen LogP contribution in [0.2, 0.25) is 0 Å². The molecule has 9 heteroatoms. The van der Waals surface area contributed by atoms with Crippen molar-refractivity contribution in [2.75, 3.05) is 20.1 Å². The van der Waals surface area contributed by atoms with Crippen LogP contribution in [0, 0.1) is 5.82 Å². The van der Waals surface area contributed by atoms with Crippen LogP contribution in [0.5, 0.6) is 0 Å². The number of amides is 2. The monoisotopic (exact) mass is 379 g/mol. The number of benzene rings is 2. The third-order valence-electron chi connectivity index (χ3n) is 3.46. The molecule has 2 aromatic carbocycles. The van der Waals surface area contributed by atoms with Crippen molar-refractivity contribution in [2.24, 2.45) is 0 Å². The van der Waals surface area contributed by atoms with Gasteiger partial charge in [0.1, 0.15) is 5.82 Å². The number of carbonyl (C=O) groups is 2. The lowest BCUT2D eigenvalue weighted by atomic mass is 10.2. The van der Waals surface area contributed by atoms with E-state index in [9.17, 15) is 22.4 Å².